The van der Waals surface area contributed by atoms with Crippen LogP contribution < -0.4 is 0 Å². The van der Waals surface area contributed by atoms with E-state index in [1.165, 1.54) is 0 Å². The first-order valence-electron chi connectivity index (χ1n) is 6.52. The maximum absolute atomic E-state index is 12.5. The number of pyridine rings is 1. The van der Waals surface area contributed by atoms with Gasteiger partial charge in [-0.25, -0.2) is 4.98 Å². The fourth-order valence-electron chi connectivity index (χ4n) is 2.64. The van der Waals surface area contributed by atoms with Crippen LogP contribution in [0, 0.1) is 6.92 Å². The Morgan fingerprint density at radius 1 is 1.21 bits per heavy atom. The number of aromatic nitrogens is 1. The molecular weight excluding hydrogens is 260 g/mol. The van der Waals surface area contributed by atoms with Gasteiger partial charge in [-0.15, -0.1) is 0 Å². The quantitative estimate of drug-likeness (QED) is 0.747. The monoisotopic (exact) mass is 274 g/mol. The number of nitrogens with zero attached hydrogens (tertiary/aromatic N) is 2. The smallest absolute Gasteiger partial charge is 0.272 e. The van der Waals surface area contributed by atoms with Gasteiger partial charge in [-0.05, 0) is 30.7 Å². The van der Waals surface area contributed by atoms with Crippen LogP contribution in [0.15, 0.2) is 24.3 Å². The Morgan fingerprint density at radius 2 is 1.84 bits per heavy atom. The molecule has 0 N–H and O–H groups in total. The van der Waals surface area contributed by atoms with Crippen LogP contribution in [-0.2, 0) is 0 Å². The highest BCUT2D eigenvalue weighted by Gasteiger charge is 2.23. The summed E-state index contributed by atoms with van der Waals surface area (Å²) in [6.07, 6.45) is 2.15. The van der Waals surface area contributed by atoms with Crippen molar-refractivity contribution in [3.8, 4) is 0 Å². The third kappa shape index (κ3) is 2.08. The molecule has 0 spiro atoms. The SMILES string of the molecule is Cc1c(C(=O)N2CCCC2)nc(Cl)c2ccccc12. The molecule has 1 aromatic carbocycles. The van der Waals surface area contributed by atoms with Gasteiger partial charge in [-0.1, -0.05) is 35.9 Å². The average molecular weight is 275 g/mol. The lowest BCUT2D eigenvalue weighted by Gasteiger charge is -2.17. The lowest BCUT2D eigenvalue weighted by molar-refractivity contribution is 0.0786. The Labute approximate surface area is 117 Å². The van der Waals surface area contributed by atoms with Crippen molar-refractivity contribution < 1.29 is 4.79 Å². The van der Waals surface area contributed by atoms with Crippen LogP contribution >= 0.6 is 11.6 Å². The molecule has 0 aliphatic carbocycles. The zero-order valence-electron chi connectivity index (χ0n) is 10.8. The highest BCUT2D eigenvalue weighted by atomic mass is 35.5. The lowest BCUT2D eigenvalue weighted by Crippen LogP contribution is -2.29. The number of halogens is 1. The van der Waals surface area contributed by atoms with Gasteiger partial charge >= 0.3 is 0 Å². The molecule has 1 fully saturated rings. The van der Waals surface area contributed by atoms with Crippen molar-refractivity contribution in [2.75, 3.05) is 13.1 Å². The molecule has 0 saturated carbocycles. The normalized spacial score (nSPS) is 15.2. The second-order valence-corrected chi connectivity index (χ2v) is 5.28. The zero-order chi connectivity index (χ0) is 13.4. The van der Waals surface area contributed by atoms with Gasteiger partial charge in [0.1, 0.15) is 10.8 Å². The van der Waals surface area contributed by atoms with E-state index in [2.05, 4.69) is 4.98 Å². The Bertz CT molecular complexity index is 648. The molecular formula is C15H15ClN2O. The molecule has 1 amide bonds. The van der Waals surface area contributed by atoms with E-state index >= 15 is 0 Å². The second kappa shape index (κ2) is 4.82. The van der Waals surface area contributed by atoms with E-state index in [1.807, 2.05) is 36.1 Å². The molecule has 1 saturated heterocycles. The minimum absolute atomic E-state index is 0.00246. The van der Waals surface area contributed by atoms with Crippen molar-refractivity contribution >= 4 is 28.3 Å². The summed E-state index contributed by atoms with van der Waals surface area (Å²) in [6, 6.07) is 7.80. The zero-order valence-corrected chi connectivity index (χ0v) is 11.6. The molecule has 2 aromatic rings. The Balaban J connectivity index is 2.13. The summed E-state index contributed by atoms with van der Waals surface area (Å²) in [5, 5.41) is 2.31. The van der Waals surface area contributed by atoms with Crippen LogP contribution in [0.1, 0.15) is 28.9 Å². The predicted octanol–water partition coefficient (Wildman–Crippen LogP) is 3.43. The summed E-state index contributed by atoms with van der Waals surface area (Å²) in [4.78, 5) is 18.6. The molecule has 0 bridgehead atoms. The summed E-state index contributed by atoms with van der Waals surface area (Å²) < 4.78 is 0. The number of hydrogen-bond donors (Lipinski definition) is 0. The topological polar surface area (TPSA) is 33.2 Å². The van der Waals surface area contributed by atoms with E-state index < -0.39 is 0 Å². The number of carbonyl (C=O) groups excluding carboxylic acids is 1. The van der Waals surface area contributed by atoms with Gasteiger partial charge in [-0.3, -0.25) is 4.79 Å². The van der Waals surface area contributed by atoms with Crippen LogP contribution in [0.25, 0.3) is 10.8 Å². The molecule has 0 radical (unpaired) electrons. The molecule has 19 heavy (non-hydrogen) atoms. The molecule has 3 rings (SSSR count). The van der Waals surface area contributed by atoms with E-state index in [4.69, 9.17) is 11.6 Å². The minimum atomic E-state index is 0.00246. The maximum Gasteiger partial charge on any atom is 0.272 e. The third-order valence-electron chi connectivity index (χ3n) is 3.71. The van der Waals surface area contributed by atoms with Gasteiger partial charge in [0.15, 0.2) is 0 Å². The van der Waals surface area contributed by atoms with Gasteiger partial charge < -0.3 is 4.90 Å². The van der Waals surface area contributed by atoms with E-state index in [-0.39, 0.29) is 5.91 Å². The number of amides is 1. The summed E-state index contributed by atoms with van der Waals surface area (Å²) in [5.74, 6) is 0.00246. The number of benzene rings is 1. The molecule has 0 atom stereocenters. The van der Waals surface area contributed by atoms with Crippen molar-refractivity contribution in [2.45, 2.75) is 19.8 Å². The molecule has 1 aliphatic rings. The first-order chi connectivity index (χ1) is 9.18. The standard InChI is InChI=1S/C15H15ClN2O/c1-10-11-6-2-3-7-12(11)14(16)17-13(10)15(19)18-8-4-5-9-18/h2-3,6-7H,4-5,8-9H2,1H3. The predicted molar refractivity (Wildman–Crippen MR) is 76.6 cm³/mol. The van der Waals surface area contributed by atoms with Gasteiger partial charge in [0, 0.05) is 18.5 Å². The summed E-state index contributed by atoms with van der Waals surface area (Å²) >= 11 is 6.20. The Kier molecular flexibility index (Phi) is 3.15. The number of carbonyl (C=O) groups is 1. The van der Waals surface area contributed by atoms with E-state index in [1.54, 1.807) is 0 Å². The molecule has 0 unspecified atom stereocenters. The van der Waals surface area contributed by atoms with Gasteiger partial charge in [-0.2, -0.15) is 0 Å². The van der Waals surface area contributed by atoms with Crippen LogP contribution in [0.4, 0.5) is 0 Å². The van der Waals surface area contributed by atoms with Gasteiger partial charge in [0.25, 0.3) is 5.91 Å². The summed E-state index contributed by atoms with van der Waals surface area (Å²) in [6.45, 7) is 3.59. The van der Waals surface area contributed by atoms with Crippen molar-refractivity contribution in [2.24, 2.45) is 0 Å². The number of hydrogen-bond acceptors (Lipinski definition) is 2. The molecule has 4 heteroatoms. The molecule has 1 aliphatic heterocycles. The summed E-state index contributed by atoms with van der Waals surface area (Å²) in [5.41, 5.74) is 1.41. The first-order valence-corrected chi connectivity index (χ1v) is 6.90. The van der Waals surface area contributed by atoms with E-state index in [9.17, 15) is 4.79 Å². The van der Waals surface area contributed by atoms with Crippen molar-refractivity contribution in [3.05, 3.63) is 40.7 Å². The van der Waals surface area contributed by atoms with Crippen LogP contribution in [-0.4, -0.2) is 28.9 Å². The van der Waals surface area contributed by atoms with Crippen molar-refractivity contribution in [1.29, 1.82) is 0 Å². The van der Waals surface area contributed by atoms with Crippen molar-refractivity contribution in [1.82, 2.24) is 9.88 Å². The molecule has 2 heterocycles. The largest absolute Gasteiger partial charge is 0.337 e. The number of likely N-dealkylation sites (tertiary alicyclic amines) is 1. The first kappa shape index (κ1) is 12.4. The van der Waals surface area contributed by atoms with E-state index in [0.717, 1.165) is 42.3 Å². The Hall–Kier alpha value is -1.61. The van der Waals surface area contributed by atoms with Gasteiger partial charge in [0.05, 0.1) is 0 Å². The number of rotatable bonds is 1. The Morgan fingerprint density at radius 3 is 2.53 bits per heavy atom. The maximum atomic E-state index is 12.5. The molecule has 1 aromatic heterocycles. The highest BCUT2D eigenvalue weighted by molar-refractivity contribution is 6.34. The lowest BCUT2D eigenvalue weighted by atomic mass is 10.1. The summed E-state index contributed by atoms with van der Waals surface area (Å²) in [7, 11) is 0. The fraction of sp³-hybridized carbons (Fsp3) is 0.333. The second-order valence-electron chi connectivity index (χ2n) is 4.92. The average Bonchev–Trinajstić information content (AvgIpc) is 2.96. The molecule has 98 valence electrons. The van der Waals surface area contributed by atoms with Crippen molar-refractivity contribution in [3.63, 3.8) is 0 Å². The minimum Gasteiger partial charge on any atom is -0.337 e. The third-order valence-corrected chi connectivity index (χ3v) is 4.00. The van der Waals surface area contributed by atoms with E-state index in [0.29, 0.717) is 10.8 Å². The number of aryl methyl sites for hydroxylation is 1. The fourth-order valence-corrected chi connectivity index (χ4v) is 2.89. The van der Waals surface area contributed by atoms with Crippen LogP contribution in [0.3, 0.4) is 0 Å². The van der Waals surface area contributed by atoms with Crippen LogP contribution in [0.2, 0.25) is 5.15 Å². The highest BCUT2D eigenvalue weighted by Crippen LogP contribution is 2.27. The van der Waals surface area contributed by atoms with Crippen LogP contribution in [0.5, 0.6) is 0 Å². The van der Waals surface area contributed by atoms with Gasteiger partial charge in [0.2, 0.25) is 0 Å². The molecule has 3 nitrogen and oxygen atoms in total. The number of fused-ring (bicyclic) bond motifs is 1.